The van der Waals surface area contributed by atoms with Crippen LogP contribution in [0.15, 0.2) is 0 Å². The smallest absolute Gasteiger partial charge is 0.306 e. The first kappa shape index (κ1) is 11.4. The molecule has 3 nitrogen and oxygen atoms in total. The van der Waals surface area contributed by atoms with Crippen molar-refractivity contribution in [3.63, 3.8) is 0 Å². The fraction of sp³-hybridized carbons (Fsp3) is 0.889. The summed E-state index contributed by atoms with van der Waals surface area (Å²) < 4.78 is 0. The number of rotatable bonds is 5. The number of carboxylic acids is 1. The molecule has 0 spiro atoms. The standard InChI is InChI=1S/C9H18O3/c1-4-5-8(9(11)12)6(2)7(3)10/h6-8,10H,4-5H2,1-3H3,(H,11,12). The van der Waals surface area contributed by atoms with Crippen LogP contribution >= 0.6 is 0 Å². The van der Waals surface area contributed by atoms with Gasteiger partial charge in [-0.1, -0.05) is 20.3 Å². The average molecular weight is 174 g/mol. The monoisotopic (exact) mass is 174 g/mol. The predicted octanol–water partition coefficient (Wildman–Crippen LogP) is 1.50. The van der Waals surface area contributed by atoms with Crippen molar-refractivity contribution in [1.29, 1.82) is 0 Å². The molecule has 2 N–H and O–H groups in total. The van der Waals surface area contributed by atoms with Crippen molar-refractivity contribution in [3.05, 3.63) is 0 Å². The first-order valence-corrected chi connectivity index (χ1v) is 4.41. The molecule has 0 fully saturated rings. The molecule has 0 rings (SSSR count). The summed E-state index contributed by atoms with van der Waals surface area (Å²) >= 11 is 0. The Hall–Kier alpha value is -0.570. The summed E-state index contributed by atoms with van der Waals surface area (Å²) in [6.07, 6.45) is 0.938. The maximum absolute atomic E-state index is 10.7. The molecule has 0 aliphatic heterocycles. The molecule has 12 heavy (non-hydrogen) atoms. The lowest BCUT2D eigenvalue weighted by atomic mass is 9.86. The van der Waals surface area contributed by atoms with Crippen molar-refractivity contribution in [2.45, 2.75) is 39.7 Å². The number of carboxylic acid groups (broad SMARTS) is 1. The van der Waals surface area contributed by atoms with Crippen LogP contribution in [-0.2, 0) is 4.79 Å². The van der Waals surface area contributed by atoms with E-state index in [9.17, 15) is 9.90 Å². The van der Waals surface area contributed by atoms with E-state index in [2.05, 4.69) is 0 Å². The Morgan fingerprint density at radius 1 is 1.42 bits per heavy atom. The first-order valence-electron chi connectivity index (χ1n) is 4.41. The van der Waals surface area contributed by atoms with Gasteiger partial charge >= 0.3 is 5.97 Å². The quantitative estimate of drug-likeness (QED) is 0.664. The van der Waals surface area contributed by atoms with Crippen LogP contribution in [0.3, 0.4) is 0 Å². The maximum Gasteiger partial charge on any atom is 0.306 e. The molecule has 0 radical (unpaired) electrons. The largest absolute Gasteiger partial charge is 0.481 e. The number of hydrogen-bond acceptors (Lipinski definition) is 2. The van der Waals surface area contributed by atoms with E-state index in [4.69, 9.17) is 5.11 Å². The molecule has 3 unspecified atom stereocenters. The van der Waals surface area contributed by atoms with Gasteiger partial charge in [0.15, 0.2) is 0 Å². The normalized spacial score (nSPS) is 18.3. The van der Waals surface area contributed by atoms with Crippen LogP contribution in [0, 0.1) is 11.8 Å². The van der Waals surface area contributed by atoms with E-state index < -0.39 is 18.0 Å². The van der Waals surface area contributed by atoms with Crippen molar-refractivity contribution in [1.82, 2.24) is 0 Å². The highest BCUT2D eigenvalue weighted by Gasteiger charge is 2.26. The van der Waals surface area contributed by atoms with Crippen LogP contribution in [0.25, 0.3) is 0 Å². The molecule has 0 bridgehead atoms. The second-order valence-electron chi connectivity index (χ2n) is 3.33. The van der Waals surface area contributed by atoms with Gasteiger partial charge < -0.3 is 10.2 Å². The fourth-order valence-electron chi connectivity index (χ4n) is 1.26. The van der Waals surface area contributed by atoms with Crippen molar-refractivity contribution in [2.75, 3.05) is 0 Å². The Labute approximate surface area is 73.4 Å². The van der Waals surface area contributed by atoms with Gasteiger partial charge in [0.25, 0.3) is 0 Å². The van der Waals surface area contributed by atoms with Crippen LogP contribution in [0.2, 0.25) is 0 Å². The first-order chi connectivity index (χ1) is 5.50. The summed E-state index contributed by atoms with van der Waals surface area (Å²) in [4.78, 5) is 10.7. The molecule has 3 atom stereocenters. The van der Waals surface area contributed by atoms with Gasteiger partial charge in [-0.3, -0.25) is 4.79 Å². The van der Waals surface area contributed by atoms with Crippen LogP contribution < -0.4 is 0 Å². The molecule has 0 heterocycles. The Balaban J connectivity index is 4.18. The Kier molecular flexibility index (Phi) is 4.90. The highest BCUT2D eigenvalue weighted by atomic mass is 16.4. The van der Waals surface area contributed by atoms with E-state index >= 15 is 0 Å². The van der Waals surface area contributed by atoms with E-state index in [1.54, 1.807) is 13.8 Å². The third kappa shape index (κ3) is 3.22. The lowest BCUT2D eigenvalue weighted by Gasteiger charge is -2.21. The number of hydrogen-bond donors (Lipinski definition) is 2. The molecule has 0 saturated carbocycles. The number of carbonyl (C=O) groups is 1. The van der Waals surface area contributed by atoms with Gasteiger partial charge in [-0.15, -0.1) is 0 Å². The third-order valence-corrected chi connectivity index (χ3v) is 2.31. The fourth-order valence-corrected chi connectivity index (χ4v) is 1.26. The lowest BCUT2D eigenvalue weighted by Crippen LogP contribution is -2.28. The van der Waals surface area contributed by atoms with Crippen molar-refractivity contribution in [2.24, 2.45) is 11.8 Å². The zero-order chi connectivity index (χ0) is 9.72. The van der Waals surface area contributed by atoms with E-state index in [-0.39, 0.29) is 5.92 Å². The summed E-state index contributed by atoms with van der Waals surface area (Å²) in [7, 11) is 0. The molecule has 0 saturated heterocycles. The molecule has 0 aromatic rings. The molecule has 0 aromatic carbocycles. The van der Waals surface area contributed by atoms with Gasteiger partial charge in [-0.2, -0.15) is 0 Å². The Morgan fingerprint density at radius 2 is 1.92 bits per heavy atom. The summed E-state index contributed by atoms with van der Waals surface area (Å²) in [5.41, 5.74) is 0. The zero-order valence-electron chi connectivity index (χ0n) is 7.95. The lowest BCUT2D eigenvalue weighted by molar-refractivity contribution is -0.145. The zero-order valence-corrected chi connectivity index (χ0v) is 7.95. The van der Waals surface area contributed by atoms with Crippen LogP contribution in [0.1, 0.15) is 33.6 Å². The second kappa shape index (κ2) is 5.14. The van der Waals surface area contributed by atoms with Gasteiger partial charge in [0.05, 0.1) is 12.0 Å². The minimum absolute atomic E-state index is 0.164. The van der Waals surface area contributed by atoms with Crippen LogP contribution in [0.5, 0.6) is 0 Å². The van der Waals surface area contributed by atoms with Crippen LogP contribution in [0.4, 0.5) is 0 Å². The van der Waals surface area contributed by atoms with Gasteiger partial charge in [0.2, 0.25) is 0 Å². The number of aliphatic hydroxyl groups is 1. The maximum atomic E-state index is 10.7. The van der Waals surface area contributed by atoms with Crippen molar-refractivity contribution in [3.8, 4) is 0 Å². The molecule has 0 amide bonds. The van der Waals surface area contributed by atoms with E-state index in [0.29, 0.717) is 6.42 Å². The van der Waals surface area contributed by atoms with Gasteiger partial charge in [0, 0.05) is 0 Å². The minimum Gasteiger partial charge on any atom is -0.481 e. The Morgan fingerprint density at radius 3 is 2.17 bits per heavy atom. The molecular weight excluding hydrogens is 156 g/mol. The highest BCUT2D eigenvalue weighted by molar-refractivity contribution is 5.70. The number of aliphatic hydroxyl groups excluding tert-OH is 1. The second-order valence-corrected chi connectivity index (χ2v) is 3.33. The summed E-state index contributed by atoms with van der Waals surface area (Å²) in [5.74, 6) is -1.37. The number of aliphatic carboxylic acids is 1. The minimum atomic E-state index is -0.801. The average Bonchev–Trinajstić information content (AvgIpc) is 1.98. The summed E-state index contributed by atoms with van der Waals surface area (Å²) in [5, 5.41) is 18.0. The highest BCUT2D eigenvalue weighted by Crippen LogP contribution is 2.20. The van der Waals surface area contributed by atoms with Gasteiger partial charge in [-0.05, 0) is 19.3 Å². The molecular formula is C9H18O3. The Bertz CT molecular complexity index is 143. The SMILES string of the molecule is CCCC(C(=O)O)C(C)C(C)O. The van der Waals surface area contributed by atoms with Crippen molar-refractivity contribution < 1.29 is 15.0 Å². The van der Waals surface area contributed by atoms with E-state index in [1.165, 1.54) is 0 Å². The predicted molar refractivity (Wildman–Crippen MR) is 46.9 cm³/mol. The molecule has 72 valence electrons. The summed E-state index contributed by atoms with van der Waals surface area (Å²) in [6.45, 7) is 5.36. The van der Waals surface area contributed by atoms with Crippen molar-refractivity contribution >= 4 is 5.97 Å². The van der Waals surface area contributed by atoms with Crippen LogP contribution in [-0.4, -0.2) is 22.3 Å². The van der Waals surface area contributed by atoms with E-state index in [0.717, 1.165) is 6.42 Å². The molecule has 0 aliphatic carbocycles. The van der Waals surface area contributed by atoms with E-state index in [1.807, 2.05) is 6.92 Å². The topological polar surface area (TPSA) is 57.5 Å². The molecule has 0 aromatic heterocycles. The summed E-state index contributed by atoms with van der Waals surface area (Å²) in [6, 6.07) is 0. The van der Waals surface area contributed by atoms with Gasteiger partial charge in [-0.25, -0.2) is 0 Å². The van der Waals surface area contributed by atoms with Gasteiger partial charge in [0.1, 0.15) is 0 Å². The molecule has 3 heteroatoms. The third-order valence-electron chi connectivity index (χ3n) is 2.31. The molecule has 0 aliphatic rings.